The molecule has 1 aliphatic rings. The van der Waals surface area contributed by atoms with Crippen LogP contribution >= 0.6 is 0 Å². The van der Waals surface area contributed by atoms with E-state index in [4.69, 9.17) is 18.9 Å². The van der Waals surface area contributed by atoms with E-state index >= 15 is 0 Å². The van der Waals surface area contributed by atoms with Crippen LogP contribution in [0.4, 0.5) is 0 Å². The molecule has 0 aliphatic carbocycles. The normalized spacial score (nSPS) is 25.6. The summed E-state index contributed by atoms with van der Waals surface area (Å²) < 4.78 is 23.7. The minimum absolute atomic E-state index is 0.0978. The van der Waals surface area contributed by atoms with Crippen molar-refractivity contribution in [2.45, 2.75) is 56.9 Å². The Kier molecular flexibility index (Phi) is 10.4. The maximum Gasteiger partial charge on any atom is 0.217 e. The Labute approximate surface area is 199 Å². The van der Waals surface area contributed by atoms with Crippen molar-refractivity contribution in [1.82, 2.24) is 5.32 Å². The number of amides is 1. The van der Waals surface area contributed by atoms with E-state index in [0.29, 0.717) is 6.61 Å². The summed E-state index contributed by atoms with van der Waals surface area (Å²) in [5.74, 6) is -0.385. The second kappa shape index (κ2) is 13.5. The van der Waals surface area contributed by atoms with E-state index in [9.17, 15) is 20.1 Å². The quantitative estimate of drug-likeness (QED) is 0.354. The van der Waals surface area contributed by atoms with Gasteiger partial charge in [-0.05, 0) is 11.1 Å². The highest BCUT2D eigenvalue weighted by Crippen LogP contribution is 2.27. The molecule has 0 spiro atoms. The number of hydrogen-bond acceptors (Lipinski definition) is 8. The van der Waals surface area contributed by atoms with Crippen LogP contribution in [-0.4, -0.2) is 77.8 Å². The molecule has 0 aromatic heterocycles. The minimum Gasteiger partial charge on any atom is -0.394 e. The fourth-order valence-corrected chi connectivity index (χ4v) is 3.75. The van der Waals surface area contributed by atoms with E-state index in [0.717, 1.165) is 11.1 Å². The van der Waals surface area contributed by atoms with Crippen LogP contribution < -0.4 is 5.32 Å². The van der Waals surface area contributed by atoms with Crippen molar-refractivity contribution in [1.29, 1.82) is 0 Å². The van der Waals surface area contributed by atoms with Gasteiger partial charge in [0.15, 0.2) is 6.29 Å². The smallest absolute Gasteiger partial charge is 0.217 e. The van der Waals surface area contributed by atoms with Crippen LogP contribution in [0.25, 0.3) is 0 Å². The van der Waals surface area contributed by atoms with Gasteiger partial charge < -0.3 is 39.6 Å². The highest BCUT2D eigenvalue weighted by atomic mass is 16.7. The lowest BCUT2D eigenvalue weighted by molar-refractivity contribution is -0.278. The SMILES string of the molecule is CC(=O)N[C@@H]1[C@@H](OCC(O)CO)[C@H](OCc2ccccc2)[C@@H](COCc2ccccc2)O[C@@H]1O. The zero-order chi connectivity index (χ0) is 24.3. The van der Waals surface area contributed by atoms with Crippen molar-refractivity contribution >= 4 is 5.91 Å². The summed E-state index contributed by atoms with van der Waals surface area (Å²) in [5.41, 5.74) is 1.90. The van der Waals surface area contributed by atoms with Crippen molar-refractivity contribution < 1.29 is 39.1 Å². The molecular weight excluding hydrogens is 442 g/mol. The first kappa shape index (κ1) is 26.2. The summed E-state index contributed by atoms with van der Waals surface area (Å²) in [7, 11) is 0. The predicted octanol–water partition coefficient (Wildman–Crippen LogP) is 0.749. The average Bonchev–Trinajstić information content (AvgIpc) is 2.84. The molecule has 9 heteroatoms. The van der Waals surface area contributed by atoms with Crippen LogP contribution in [-0.2, 0) is 37.0 Å². The molecule has 3 rings (SSSR count). The van der Waals surface area contributed by atoms with Gasteiger partial charge in [-0.25, -0.2) is 0 Å². The first-order chi connectivity index (χ1) is 16.5. The van der Waals surface area contributed by atoms with Gasteiger partial charge in [0.2, 0.25) is 5.91 Å². The maximum absolute atomic E-state index is 11.8. The standard InChI is InChI=1S/C25H33NO8/c1-17(28)26-22-24(33-15-20(29)12-27)23(32-14-19-10-6-3-7-11-19)21(34-25(22)30)16-31-13-18-8-4-2-5-9-18/h2-11,20-25,27,29-30H,12-16H2,1H3,(H,26,28)/t20?,21-,22-,23-,24-,25+/m1/s1. The lowest BCUT2D eigenvalue weighted by Crippen LogP contribution is -2.65. The molecule has 1 heterocycles. The van der Waals surface area contributed by atoms with Gasteiger partial charge in [-0.3, -0.25) is 4.79 Å². The molecular formula is C25H33NO8. The van der Waals surface area contributed by atoms with E-state index in [1.165, 1.54) is 6.92 Å². The highest BCUT2D eigenvalue weighted by Gasteiger charge is 2.47. The van der Waals surface area contributed by atoms with Gasteiger partial charge in [0.05, 0.1) is 33.0 Å². The van der Waals surface area contributed by atoms with Crippen LogP contribution in [0.5, 0.6) is 0 Å². The van der Waals surface area contributed by atoms with Crippen molar-refractivity contribution in [3.63, 3.8) is 0 Å². The van der Waals surface area contributed by atoms with Crippen LogP contribution in [0.1, 0.15) is 18.1 Å². The lowest BCUT2D eigenvalue weighted by Gasteiger charge is -2.45. The molecule has 34 heavy (non-hydrogen) atoms. The molecule has 1 saturated heterocycles. The number of rotatable bonds is 12. The fraction of sp³-hybridized carbons (Fsp3) is 0.480. The third-order valence-corrected chi connectivity index (χ3v) is 5.41. The number of aliphatic hydroxyl groups excluding tert-OH is 3. The number of hydrogen-bond donors (Lipinski definition) is 4. The molecule has 186 valence electrons. The molecule has 2 aromatic carbocycles. The van der Waals surface area contributed by atoms with Crippen molar-refractivity contribution in [3.05, 3.63) is 71.8 Å². The molecule has 6 atom stereocenters. The second-order valence-electron chi connectivity index (χ2n) is 8.19. The Balaban J connectivity index is 1.77. The summed E-state index contributed by atoms with van der Waals surface area (Å²) in [4.78, 5) is 11.8. The molecule has 9 nitrogen and oxygen atoms in total. The lowest BCUT2D eigenvalue weighted by atomic mass is 9.96. The third-order valence-electron chi connectivity index (χ3n) is 5.41. The minimum atomic E-state index is -1.39. The number of nitrogens with one attached hydrogen (secondary N) is 1. The summed E-state index contributed by atoms with van der Waals surface area (Å²) in [6.45, 7) is 1.28. The molecule has 1 fully saturated rings. The molecule has 1 unspecified atom stereocenters. The Morgan fingerprint density at radius 3 is 2.21 bits per heavy atom. The van der Waals surface area contributed by atoms with Crippen molar-refractivity contribution in [2.75, 3.05) is 19.8 Å². The Hall–Kier alpha value is -2.37. The number of aliphatic hydroxyl groups is 3. The zero-order valence-corrected chi connectivity index (χ0v) is 19.2. The number of benzene rings is 2. The van der Waals surface area contributed by atoms with E-state index in [2.05, 4.69) is 5.32 Å². The van der Waals surface area contributed by atoms with E-state index in [-0.39, 0.29) is 25.7 Å². The molecule has 4 N–H and O–H groups in total. The Bertz CT molecular complexity index is 853. The maximum atomic E-state index is 11.8. The Morgan fingerprint density at radius 1 is 1.00 bits per heavy atom. The van der Waals surface area contributed by atoms with Crippen molar-refractivity contribution in [2.24, 2.45) is 0 Å². The Morgan fingerprint density at radius 2 is 1.62 bits per heavy atom. The number of ether oxygens (including phenoxy) is 4. The topological polar surface area (TPSA) is 127 Å². The highest BCUT2D eigenvalue weighted by molar-refractivity contribution is 5.73. The van der Waals surface area contributed by atoms with E-state index < -0.39 is 43.4 Å². The largest absolute Gasteiger partial charge is 0.394 e. The summed E-state index contributed by atoms with van der Waals surface area (Å²) in [5, 5.41) is 32.3. The van der Waals surface area contributed by atoms with Crippen LogP contribution in [0.3, 0.4) is 0 Å². The van der Waals surface area contributed by atoms with E-state index in [1.54, 1.807) is 0 Å². The average molecular weight is 476 g/mol. The molecule has 1 aliphatic heterocycles. The van der Waals surface area contributed by atoms with Gasteiger partial charge in [-0.1, -0.05) is 60.7 Å². The van der Waals surface area contributed by atoms with Crippen LogP contribution in [0.15, 0.2) is 60.7 Å². The first-order valence-electron chi connectivity index (χ1n) is 11.3. The molecule has 0 saturated carbocycles. The van der Waals surface area contributed by atoms with Gasteiger partial charge >= 0.3 is 0 Å². The molecule has 0 bridgehead atoms. The fourth-order valence-electron chi connectivity index (χ4n) is 3.75. The molecule has 1 amide bonds. The van der Waals surface area contributed by atoms with Gasteiger partial charge in [0.25, 0.3) is 0 Å². The first-order valence-corrected chi connectivity index (χ1v) is 11.3. The van der Waals surface area contributed by atoms with Gasteiger partial charge in [0, 0.05) is 6.92 Å². The monoisotopic (exact) mass is 475 g/mol. The van der Waals surface area contributed by atoms with Gasteiger partial charge in [0.1, 0.15) is 30.5 Å². The summed E-state index contributed by atoms with van der Waals surface area (Å²) in [6, 6.07) is 18.2. The number of carbonyl (C=O) groups is 1. The van der Waals surface area contributed by atoms with Crippen molar-refractivity contribution in [3.8, 4) is 0 Å². The van der Waals surface area contributed by atoms with E-state index in [1.807, 2.05) is 60.7 Å². The second-order valence-corrected chi connectivity index (χ2v) is 8.19. The van der Waals surface area contributed by atoms with Crippen LogP contribution in [0, 0.1) is 0 Å². The zero-order valence-electron chi connectivity index (χ0n) is 19.2. The predicted molar refractivity (Wildman–Crippen MR) is 122 cm³/mol. The molecule has 0 radical (unpaired) electrons. The van der Waals surface area contributed by atoms with Gasteiger partial charge in [-0.15, -0.1) is 0 Å². The summed E-state index contributed by atoms with van der Waals surface area (Å²) >= 11 is 0. The molecule has 2 aromatic rings. The third kappa shape index (κ3) is 7.85. The summed E-state index contributed by atoms with van der Waals surface area (Å²) in [6.07, 6.45) is -4.85. The number of carbonyl (C=O) groups excluding carboxylic acids is 1. The van der Waals surface area contributed by atoms with Gasteiger partial charge in [-0.2, -0.15) is 0 Å². The van der Waals surface area contributed by atoms with Crippen LogP contribution in [0.2, 0.25) is 0 Å².